The Morgan fingerprint density at radius 3 is 2.48 bits per heavy atom. The van der Waals surface area contributed by atoms with Crippen LogP contribution < -0.4 is 5.32 Å². The molecule has 2 amide bonds. The molecule has 5 heteroatoms. The van der Waals surface area contributed by atoms with Gasteiger partial charge in [-0.1, -0.05) is 18.1 Å². The number of amides is 2. The average molecular weight is 310 g/mol. The lowest BCUT2D eigenvalue weighted by Crippen LogP contribution is -2.28. The number of carbonyl (C=O) groups is 2. The van der Waals surface area contributed by atoms with Gasteiger partial charge in [-0.15, -0.1) is 0 Å². The zero-order valence-electron chi connectivity index (χ0n) is 13.1. The van der Waals surface area contributed by atoms with Crippen molar-refractivity contribution in [3.05, 3.63) is 59.5 Å². The van der Waals surface area contributed by atoms with Crippen LogP contribution in [0.3, 0.4) is 0 Å². The molecule has 0 unspecified atom stereocenters. The molecular formula is C18H18N2O3. The van der Waals surface area contributed by atoms with Crippen molar-refractivity contribution in [1.82, 2.24) is 10.2 Å². The Bertz CT molecular complexity index is 722. The minimum atomic E-state index is -0.265. The van der Waals surface area contributed by atoms with Crippen LogP contribution in [0.1, 0.15) is 28.6 Å². The van der Waals surface area contributed by atoms with E-state index in [1.54, 1.807) is 43.3 Å². The van der Waals surface area contributed by atoms with E-state index >= 15 is 0 Å². The molecule has 0 aliphatic carbocycles. The van der Waals surface area contributed by atoms with Crippen molar-refractivity contribution < 1.29 is 14.0 Å². The van der Waals surface area contributed by atoms with Crippen molar-refractivity contribution >= 4 is 11.8 Å². The third-order valence-electron chi connectivity index (χ3n) is 3.26. The molecule has 118 valence electrons. The third kappa shape index (κ3) is 4.48. The summed E-state index contributed by atoms with van der Waals surface area (Å²) in [7, 11) is 1.59. The van der Waals surface area contributed by atoms with Crippen LogP contribution in [-0.2, 0) is 17.9 Å². The summed E-state index contributed by atoms with van der Waals surface area (Å²) in [6.45, 7) is 2.36. The first-order valence-corrected chi connectivity index (χ1v) is 7.19. The van der Waals surface area contributed by atoms with Gasteiger partial charge in [0.2, 0.25) is 0 Å². The molecule has 0 aliphatic rings. The van der Waals surface area contributed by atoms with E-state index in [0.29, 0.717) is 24.4 Å². The molecule has 2 rings (SSSR count). The van der Waals surface area contributed by atoms with Crippen LogP contribution in [0.5, 0.6) is 0 Å². The first-order chi connectivity index (χ1) is 11.1. The van der Waals surface area contributed by atoms with Gasteiger partial charge in [-0.05, 0) is 42.7 Å². The van der Waals surface area contributed by atoms with Gasteiger partial charge in [-0.25, -0.2) is 0 Å². The molecule has 0 fully saturated rings. The highest BCUT2D eigenvalue weighted by Crippen LogP contribution is 2.12. The largest absolute Gasteiger partial charge is 0.467 e. The molecule has 2 aromatic rings. The Labute approximate surface area is 135 Å². The number of rotatable bonds is 5. The van der Waals surface area contributed by atoms with Crippen molar-refractivity contribution in [3.8, 4) is 11.8 Å². The van der Waals surface area contributed by atoms with Crippen molar-refractivity contribution in [2.75, 3.05) is 7.05 Å². The fraction of sp³-hybridized carbons (Fsp3) is 0.222. The monoisotopic (exact) mass is 310 g/mol. The minimum absolute atomic E-state index is 0.142. The Balaban J connectivity index is 2.14. The SMILES string of the molecule is CC#CC(=O)N(Cc1ccc(C(=O)NC)cc1)Cc1ccco1. The summed E-state index contributed by atoms with van der Waals surface area (Å²) in [5, 5.41) is 2.57. The highest BCUT2D eigenvalue weighted by molar-refractivity contribution is 5.94. The summed E-state index contributed by atoms with van der Waals surface area (Å²) >= 11 is 0. The number of carbonyl (C=O) groups excluding carboxylic acids is 2. The predicted octanol–water partition coefficient (Wildman–Crippen LogP) is 2.19. The standard InChI is InChI=1S/C18H18N2O3/c1-3-5-17(21)20(13-16-6-4-11-23-16)12-14-7-9-15(10-8-14)18(22)19-2/h4,6-11H,12-13H2,1-2H3,(H,19,22). The lowest BCUT2D eigenvalue weighted by molar-refractivity contribution is -0.126. The topological polar surface area (TPSA) is 62.6 Å². The van der Waals surface area contributed by atoms with E-state index in [-0.39, 0.29) is 11.8 Å². The first-order valence-electron chi connectivity index (χ1n) is 7.19. The minimum Gasteiger partial charge on any atom is -0.467 e. The van der Waals surface area contributed by atoms with E-state index in [0.717, 1.165) is 5.56 Å². The van der Waals surface area contributed by atoms with Crippen LogP contribution in [0.15, 0.2) is 47.1 Å². The quantitative estimate of drug-likeness (QED) is 0.861. The number of nitrogens with one attached hydrogen (secondary N) is 1. The predicted molar refractivity (Wildman–Crippen MR) is 86.2 cm³/mol. The summed E-state index contributed by atoms with van der Waals surface area (Å²) in [5.74, 6) is 5.46. The van der Waals surface area contributed by atoms with Crippen molar-refractivity contribution in [2.24, 2.45) is 0 Å². The highest BCUT2D eigenvalue weighted by atomic mass is 16.3. The maximum Gasteiger partial charge on any atom is 0.299 e. The second kappa shape index (κ2) is 7.85. The van der Waals surface area contributed by atoms with Gasteiger partial charge < -0.3 is 14.6 Å². The van der Waals surface area contributed by atoms with E-state index in [2.05, 4.69) is 17.2 Å². The van der Waals surface area contributed by atoms with E-state index in [1.165, 1.54) is 0 Å². The molecule has 1 aromatic carbocycles. The zero-order chi connectivity index (χ0) is 16.7. The highest BCUT2D eigenvalue weighted by Gasteiger charge is 2.14. The van der Waals surface area contributed by atoms with Gasteiger partial charge >= 0.3 is 0 Å². The van der Waals surface area contributed by atoms with Crippen molar-refractivity contribution in [3.63, 3.8) is 0 Å². The van der Waals surface area contributed by atoms with Gasteiger partial charge in [0.1, 0.15) is 5.76 Å². The lowest BCUT2D eigenvalue weighted by atomic mass is 10.1. The third-order valence-corrected chi connectivity index (χ3v) is 3.26. The van der Waals surface area contributed by atoms with Gasteiger partial charge in [0.05, 0.1) is 12.8 Å². The van der Waals surface area contributed by atoms with Crippen LogP contribution in [0, 0.1) is 11.8 Å². The number of benzene rings is 1. The maximum absolute atomic E-state index is 12.1. The van der Waals surface area contributed by atoms with E-state index in [1.807, 2.05) is 18.2 Å². The fourth-order valence-corrected chi connectivity index (χ4v) is 2.10. The molecule has 1 N–H and O–H groups in total. The second-order valence-corrected chi connectivity index (χ2v) is 4.89. The number of hydrogen-bond acceptors (Lipinski definition) is 3. The van der Waals surface area contributed by atoms with Crippen LogP contribution in [-0.4, -0.2) is 23.8 Å². The van der Waals surface area contributed by atoms with Gasteiger partial charge in [-0.2, -0.15) is 0 Å². The summed E-state index contributed by atoms with van der Waals surface area (Å²) in [4.78, 5) is 25.3. The summed E-state index contributed by atoms with van der Waals surface area (Å²) in [5.41, 5.74) is 1.49. The average Bonchev–Trinajstić information content (AvgIpc) is 3.07. The molecule has 0 radical (unpaired) electrons. The van der Waals surface area contributed by atoms with Crippen molar-refractivity contribution in [1.29, 1.82) is 0 Å². The number of hydrogen-bond donors (Lipinski definition) is 1. The summed E-state index contributed by atoms with van der Waals surface area (Å²) in [6, 6.07) is 10.7. The smallest absolute Gasteiger partial charge is 0.299 e. The van der Waals surface area contributed by atoms with Crippen molar-refractivity contribution in [2.45, 2.75) is 20.0 Å². The summed E-state index contributed by atoms with van der Waals surface area (Å²) in [6.07, 6.45) is 1.57. The molecule has 0 bridgehead atoms. The maximum atomic E-state index is 12.1. The van der Waals surface area contributed by atoms with E-state index in [9.17, 15) is 9.59 Å². The zero-order valence-corrected chi connectivity index (χ0v) is 13.1. The van der Waals surface area contributed by atoms with E-state index < -0.39 is 0 Å². The molecule has 23 heavy (non-hydrogen) atoms. The molecule has 5 nitrogen and oxygen atoms in total. The normalized spacial score (nSPS) is 9.65. The number of furan rings is 1. The van der Waals surface area contributed by atoms with Gasteiger partial charge in [0, 0.05) is 19.2 Å². The molecule has 1 aromatic heterocycles. The Kier molecular flexibility index (Phi) is 5.59. The van der Waals surface area contributed by atoms with Crippen LogP contribution >= 0.6 is 0 Å². The molecular weight excluding hydrogens is 292 g/mol. The Hall–Kier alpha value is -3.00. The van der Waals surface area contributed by atoms with Gasteiger partial charge in [0.25, 0.3) is 11.8 Å². The van der Waals surface area contributed by atoms with Crippen LogP contribution in [0.4, 0.5) is 0 Å². The Morgan fingerprint density at radius 1 is 1.17 bits per heavy atom. The molecule has 1 heterocycles. The molecule has 0 saturated heterocycles. The molecule has 0 atom stereocenters. The summed E-state index contributed by atoms with van der Waals surface area (Å²) < 4.78 is 5.30. The lowest BCUT2D eigenvalue weighted by Gasteiger charge is -2.19. The molecule has 0 saturated carbocycles. The molecule has 0 spiro atoms. The molecule has 0 aliphatic heterocycles. The van der Waals surface area contributed by atoms with Crippen LogP contribution in [0.25, 0.3) is 0 Å². The van der Waals surface area contributed by atoms with Gasteiger partial charge in [-0.3, -0.25) is 9.59 Å². The Morgan fingerprint density at radius 2 is 1.91 bits per heavy atom. The second-order valence-electron chi connectivity index (χ2n) is 4.89. The van der Waals surface area contributed by atoms with Gasteiger partial charge in [0.15, 0.2) is 0 Å². The fourth-order valence-electron chi connectivity index (χ4n) is 2.10. The number of nitrogens with zero attached hydrogens (tertiary/aromatic N) is 1. The van der Waals surface area contributed by atoms with Crippen LogP contribution in [0.2, 0.25) is 0 Å². The van der Waals surface area contributed by atoms with E-state index in [4.69, 9.17) is 4.42 Å². The first kappa shape index (κ1) is 16.4.